The molecule has 1 N–H and O–H groups in total. The lowest BCUT2D eigenvalue weighted by Gasteiger charge is -2.31. The molecule has 2 unspecified atom stereocenters. The van der Waals surface area contributed by atoms with Crippen molar-refractivity contribution >= 4 is 33.1 Å². The Labute approximate surface area is 169 Å². The second-order valence-corrected chi connectivity index (χ2v) is 7.65. The van der Waals surface area contributed by atoms with E-state index in [1.165, 1.54) is 4.68 Å². The van der Waals surface area contributed by atoms with Crippen molar-refractivity contribution in [2.75, 3.05) is 0 Å². The lowest BCUT2D eigenvalue weighted by atomic mass is 9.73. The van der Waals surface area contributed by atoms with Crippen LogP contribution in [0.4, 0.5) is 5.69 Å². The maximum atomic E-state index is 13.1. The van der Waals surface area contributed by atoms with E-state index in [9.17, 15) is 14.7 Å². The van der Waals surface area contributed by atoms with Crippen LogP contribution in [0, 0.1) is 6.92 Å². The molecule has 0 radical (unpaired) electrons. The molecule has 2 aromatic carbocycles. The third-order valence-electron chi connectivity index (χ3n) is 5.12. The second-order valence-electron chi connectivity index (χ2n) is 6.74. The van der Waals surface area contributed by atoms with Crippen LogP contribution in [-0.2, 0) is 11.8 Å². The van der Waals surface area contributed by atoms with E-state index < -0.39 is 12.0 Å². The maximum Gasteiger partial charge on any atom is 0.275 e. The molecule has 7 heteroatoms. The van der Waals surface area contributed by atoms with E-state index in [1.54, 1.807) is 30.8 Å². The van der Waals surface area contributed by atoms with Gasteiger partial charge in [0.05, 0.1) is 22.9 Å². The summed E-state index contributed by atoms with van der Waals surface area (Å²) in [6, 6.07) is 16.3. The summed E-state index contributed by atoms with van der Waals surface area (Å²) in [6.07, 6.45) is -1.10. The highest BCUT2D eigenvalue weighted by Gasteiger charge is 2.49. The molecule has 0 amide bonds. The number of para-hydroxylation sites is 1. The second kappa shape index (κ2) is 7.00. The summed E-state index contributed by atoms with van der Waals surface area (Å²) < 4.78 is 4.11. The smallest absolute Gasteiger partial charge is 0.275 e. The van der Waals surface area contributed by atoms with Gasteiger partial charge in [-0.1, -0.05) is 34.1 Å². The number of ketones is 1. The number of aliphatic imine (C=N–C) groups is 1. The highest BCUT2D eigenvalue weighted by atomic mass is 79.9. The van der Waals surface area contributed by atoms with E-state index in [0.717, 1.165) is 4.47 Å². The summed E-state index contributed by atoms with van der Waals surface area (Å²) in [7, 11) is 1.76. The van der Waals surface area contributed by atoms with E-state index >= 15 is 0 Å². The Morgan fingerprint density at radius 2 is 1.68 bits per heavy atom. The SMILES string of the molecule is Cc1c(C2C(=O)C(=Nc3ccc(Br)cc3)C2O)c(=O)n(-c2ccccc2)n1C. The van der Waals surface area contributed by atoms with Crippen LogP contribution in [0.3, 0.4) is 0 Å². The third kappa shape index (κ3) is 2.87. The molecule has 1 heterocycles. The number of aromatic nitrogens is 2. The van der Waals surface area contributed by atoms with Crippen molar-refractivity contribution in [1.29, 1.82) is 0 Å². The van der Waals surface area contributed by atoms with Crippen molar-refractivity contribution in [1.82, 2.24) is 9.36 Å². The van der Waals surface area contributed by atoms with Crippen LogP contribution >= 0.6 is 15.9 Å². The van der Waals surface area contributed by atoms with Crippen LogP contribution < -0.4 is 5.56 Å². The average molecular weight is 440 g/mol. The van der Waals surface area contributed by atoms with Crippen molar-refractivity contribution in [2.24, 2.45) is 12.0 Å². The first-order valence-electron chi connectivity index (χ1n) is 8.80. The average Bonchev–Trinajstić information content (AvgIpc) is 2.91. The summed E-state index contributed by atoms with van der Waals surface area (Å²) in [5.74, 6) is -1.21. The van der Waals surface area contributed by atoms with Crippen LogP contribution in [0.2, 0.25) is 0 Å². The fraction of sp³-hybridized carbons (Fsp3) is 0.190. The van der Waals surface area contributed by atoms with Crippen molar-refractivity contribution in [3.8, 4) is 5.69 Å². The molecule has 4 rings (SSSR count). The third-order valence-corrected chi connectivity index (χ3v) is 5.65. The minimum absolute atomic E-state index is 0.0845. The number of hydrogen-bond acceptors (Lipinski definition) is 4. The molecule has 28 heavy (non-hydrogen) atoms. The zero-order valence-electron chi connectivity index (χ0n) is 15.3. The predicted octanol–water partition coefficient (Wildman–Crippen LogP) is 3.05. The molecule has 0 bridgehead atoms. The van der Waals surface area contributed by atoms with Gasteiger partial charge in [-0.05, 0) is 43.3 Å². The van der Waals surface area contributed by atoms with Crippen LogP contribution in [0.25, 0.3) is 5.69 Å². The Morgan fingerprint density at radius 1 is 1.04 bits per heavy atom. The van der Waals surface area contributed by atoms with Gasteiger partial charge in [0.1, 0.15) is 11.8 Å². The molecule has 6 nitrogen and oxygen atoms in total. The highest BCUT2D eigenvalue weighted by molar-refractivity contribution is 9.10. The first-order chi connectivity index (χ1) is 13.4. The number of benzene rings is 2. The summed E-state index contributed by atoms with van der Waals surface area (Å²) in [5, 5.41) is 10.6. The van der Waals surface area contributed by atoms with E-state index in [2.05, 4.69) is 20.9 Å². The van der Waals surface area contributed by atoms with Gasteiger partial charge >= 0.3 is 0 Å². The molecular formula is C21H18BrN3O3. The van der Waals surface area contributed by atoms with Crippen molar-refractivity contribution in [2.45, 2.75) is 18.9 Å². The number of rotatable bonds is 3. The van der Waals surface area contributed by atoms with Gasteiger partial charge in [-0.2, -0.15) is 0 Å². The summed E-state index contributed by atoms with van der Waals surface area (Å²) in [5.41, 5.74) is 2.03. The normalized spacial score (nSPS) is 20.4. The Bertz CT molecular complexity index is 1140. The quantitative estimate of drug-likeness (QED) is 0.681. The van der Waals surface area contributed by atoms with Gasteiger partial charge in [0.2, 0.25) is 0 Å². The van der Waals surface area contributed by atoms with E-state index in [0.29, 0.717) is 22.6 Å². The van der Waals surface area contributed by atoms with Gasteiger partial charge in [0.15, 0.2) is 5.78 Å². The number of halogens is 1. The number of aliphatic hydroxyl groups excluding tert-OH is 1. The van der Waals surface area contributed by atoms with Crippen LogP contribution in [0.15, 0.2) is 68.9 Å². The molecule has 142 valence electrons. The van der Waals surface area contributed by atoms with Crippen molar-refractivity contribution in [3.05, 3.63) is 80.7 Å². The van der Waals surface area contributed by atoms with Crippen molar-refractivity contribution in [3.63, 3.8) is 0 Å². The largest absolute Gasteiger partial charge is 0.386 e. The molecule has 1 aromatic heterocycles. The Balaban J connectivity index is 1.73. The van der Waals surface area contributed by atoms with Crippen LogP contribution in [0.1, 0.15) is 17.2 Å². The molecule has 1 aliphatic carbocycles. The number of carbonyl (C=O) groups excluding carboxylic acids is 1. The monoisotopic (exact) mass is 439 g/mol. The zero-order chi connectivity index (χ0) is 20.0. The lowest BCUT2D eigenvalue weighted by molar-refractivity contribution is -0.120. The zero-order valence-corrected chi connectivity index (χ0v) is 16.9. The van der Waals surface area contributed by atoms with Crippen LogP contribution in [-0.4, -0.2) is 32.1 Å². The molecule has 2 atom stereocenters. The maximum absolute atomic E-state index is 13.1. The number of hydrogen-bond donors (Lipinski definition) is 1. The first kappa shape index (κ1) is 18.6. The summed E-state index contributed by atoms with van der Waals surface area (Å²) in [6.45, 7) is 1.78. The standard InChI is InChI=1S/C21H18BrN3O3/c1-12-16(21(28)25(24(12)2)15-6-4-3-5-7-15)17-19(26)18(20(17)27)23-14-10-8-13(22)9-11-14/h3-11,17,19,26H,1-2H3. The van der Waals surface area contributed by atoms with E-state index in [-0.39, 0.29) is 17.1 Å². The van der Waals surface area contributed by atoms with E-state index in [1.807, 2.05) is 42.5 Å². The number of Topliss-reactive ketones (excluding diaryl/α,β-unsaturated/α-hetero) is 1. The highest BCUT2D eigenvalue weighted by Crippen LogP contribution is 2.34. The molecule has 0 saturated heterocycles. The summed E-state index contributed by atoms with van der Waals surface area (Å²) >= 11 is 3.35. The van der Waals surface area contributed by atoms with Gasteiger partial charge in [-0.15, -0.1) is 0 Å². The first-order valence-corrected chi connectivity index (χ1v) is 9.60. The molecule has 0 aliphatic heterocycles. The Morgan fingerprint density at radius 3 is 2.29 bits per heavy atom. The molecular weight excluding hydrogens is 422 g/mol. The van der Waals surface area contributed by atoms with Crippen molar-refractivity contribution < 1.29 is 9.90 Å². The Hall–Kier alpha value is -2.77. The number of nitrogens with zero attached hydrogens (tertiary/aromatic N) is 3. The molecule has 3 aromatic rings. The predicted molar refractivity (Wildman–Crippen MR) is 111 cm³/mol. The topological polar surface area (TPSA) is 76.6 Å². The fourth-order valence-electron chi connectivity index (χ4n) is 3.52. The van der Waals surface area contributed by atoms with Gasteiger partial charge in [0.25, 0.3) is 5.56 Å². The lowest BCUT2D eigenvalue weighted by Crippen LogP contribution is -2.52. The number of carbonyl (C=O) groups is 1. The van der Waals surface area contributed by atoms with Gasteiger partial charge in [0, 0.05) is 17.2 Å². The minimum atomic E-state index is -1.10. The van der Waals surface area contributed by atoms with Gasteiger partial charge in [-0.25, -0.2) is 9.67 Å². The Kier molecular flexibility index (Phi) is 4.64. The number of aliphatic hydroxyl groups is 1. The molecule has 1 saturated carbocycles. The van der Waals surface area contributed by atoms with Gasteiger partial charge < -0.3 is 5.11 Å². The molecule has 1 aliphatic rings. The van der Waals surface area contributed by atoms with Crippen LogP contribution in [0.5, 0.6) is 0 Å². The van der Waals surface area contributed by atoms with E-state index in [4.69, 9.17) is 0 Å². The summed E-state index contributed by atoms with van der Waals surface area (Å²) in [4.78, 5) is 30.1. The molecule has 0 spiro atoms. The minimum Gasteiger partial charge on any atom is -0.386 e. The fourth-order valence-corrected chi connectivity index (χ4v) is 3.79. The van der Waals surface area contributed by atoms with Gasteiger partial charge in [-0.3, -0.25) is 14.3 Å². The molecule has 1 fully saturated rings.